The van der Waals surface area contributed by atoms with Gasteiger partial charge in [0, 0.05) is 39.2 Å². The number of benzene rings is 1. The number of carbonyl (C=O) groups is 1. The quantitative estimate of drug-likeness (QED) is 0.721. The van der Waals surface area contributed by atoms with E-state index in [1.807, 2.05) is 11.0 Å². The van der Waals surface area contributed by atoms with Crippen LogP contribution in [-0.4, -0.2) is 44.8 Å². The van der Waals surface area contributed by atoms with Gasteiger partial charge in [-0.3, -0.25) is 9.48 Å². The highest BCUT2D eigenvalue weighted by Crippen LogP contribution is 2.31. The van der Waals surface area contributed by atoms with Gasteiger partial charge in [-0.1, -0.05) is 17.4 Å². The minimum atomic E-state index is -0.333. The van der Waals surface area contributed by atoms with Gasteiger partial charge in [-0.25, -0.2) is 4.39 Å². The number of hydrogen-bond acceptors (Lipinski definition) is 5. The van der Waals surface area contributed by atoms with Gasteiger partial charge in [0.15, 0.2) is 0 Å². The number of ether oxygens (including phenoxy) is 1. The molecule has 1 aromatic carbocycles. The lowest BCUT2D eigenvalue weighted by atomic mass is 10.1. The van der Waals surface area contributed by atoms with Gasteiger partial charge >= 0.3 is 0 Å². The van der Waals surface area contributed by atoms with Gasteiger partial charge in [0.25, 0.3) is 11.1 Å². The van der Waals surface area contributed by atoms with Gasteiger partial charge in [-0.15, -0.1) is 0 Å². The number of piperidine rings is 1. The molecule has 3 aromatic rings. The molecule has 3 heterocycles. The van der Waals surface area contributed by atoms with Gasteiger partial charge in [0.05, 0.1) is 4.70 Å². The Balaban J connectivity index is 1.39. The Labute approximate surface area is 147 Å². The maximum absolute atomic E-state index is 13.7. The van der Waals surface area contributed by atoms with E-state index in [9.17, 15) is 9.18 Å². The number of aryl methyl sites for hydroxylation is 1. The van der Waals surface area contributed by atoms with E-state index in [2.05, 4.69) is 10.1 Å². The molecule has 0 unspecified atom stereocenters. The second-order valence-electron chi connectivity index (χ2n) is 6.02. The molecule has 0 N–H and O–H groups in total. The minimum absolute atomic E-state index is 0.0134. The lowest BCUT2D eigenvalue weighted by Gasteiger charge is -2.31. The molecular weight excluding hydrogens is 343 g/mol. The highest BCUT2D eigenvalue weighted by atomic mass is 32.1. The Hall–Kier alpha value is -2.48. The van der Waals surface area contributed by atoms with E-state index < -0.39 is 0 Å². The van der Waals surface area contributed by atoms with Crippen LogP contribution in [0.4, 0.5) is 4.39 Å². The summed E-state index contributed by atoms with van der Waals surface area (Å²) in [5, 5.41) is 4.52. The van der Waals surface area contributed by atoms with E-state index >= 15 is 0 Å². The van der Waals surface area contributed by atoms with Gasteiger partial charge < -0.3 is 9.64 Å². The van der Waals surface area contributed by atoms with Crippen molar-refractivity contribution in [3.8, 4) is 5.19 Å². The van der Waals surface area contributed by atoms with E-state index in [-0.39, 0.29) is 17.8 Å². The van der Waals surface area contributed by atoms with Crippen LogP contribution in [0.5, 0.6) is 5.19 Å². The average Bonchev–Trinajstić information content (AvgIpc) is 3.21. The number of para-hydroxylation sites is 1. The fourth-order valence-electron chi connectivity index (χ4n) is 3.01. The maximum Gasteiger partial charge on any atom is 0.274 e. The summed E-state index contributed by atoms with van der Waals surface area (Å²) in [6.07, 6.45) is 3.05. The summed E-state index contributed by atoms with van der Waals surface area (Å²) < 4.78 is 22.0. The minimum Gasteiger partial charge on any atom is -0.467 e. The van der Waals surface area contributed by atoms with Crippen LogP contribution in [0, 0.1) is 5.82 Å². The first kappa shape index (κ1) is 16.0. The molecule has 0 radical (unpaired) electrons. The van der Waals surface area contributed by atoms with Crippen molar-refractivity contribution >= 4 is 27.5 Å². The number of thiazole rings is 1. The molecule has 1 amide bonds. The van der Waals surface area contributed by atoms with Gasteiger partial charge in [0.2, 0.25) is 0 Å². The van der Waals surface area contributed by atoms with Crippen LogP contribution in [0.15, 0.2) is 30.5 Å². The summed E-state index contributed by atoms with van der Waals surface area (Å²) in [4.78, 5) is 18.5. The summed E-state index contributed by atoms with van der Waals surface area (Å²) in [5.74, 6) is -0.347. The second kappa shape index (κ2) is 6.44. The zero-order valence-electron chi connectivity index (χ0n) is 13.7. The van der Waals surface area contributed by atoms with Gasteiger partial charge in [0.1, 0.15) is 23.1 Å². The molecule has 1 saturated heterocycles. The van der Waals surface area contributed by atoms with Crippen LogP contribution in [0.3, 0.4) is 0 Å². The monoisotopic (exact) mass is 360 g/mol. The van der Waals surface area contributed by atoms with E-state index in [1.165, 1.54) is 17.4 Å². The number of aromatic nitrogens is 3. The van der Waals surface area contributed by atoms with Gasteiger partial charge in [-0.05, 0) is 18.2 Å². The molecule has 0 spiro atoms. The number of likely N-dealkylation sites (tertiary alicyclic amines) is 1. The molecule has 0 bridgehead atoms. The molecule has 0 saturated carbocycles. The van der Waals surface area contributed by atoms with Crippen molar-refractivity contribution in [1.29, 1.82) is 0 Å². The SMILES string of the molecule is Cn1nccc1C(=O)N1CCC(Oc2nc3c(F)cccc3s2)CC1. The average molecular weight is 360 g/mol. The van der Waals surface area contributed by atoms with Crippen molar-refractivity contribution < 1.29 is 13.9 Å². The summed E-state index contributed by atoms with van der Waals surface area (Å²) in [6, 6.07) is 6.62. The van der Waals surface area contributed by atoms with Crippen LogP contribution in [-0.2, 0) is 7.05 Å². The fourth-order valence-corrected chi connectivity index (χ4v) is 3.91. The van der Waals surface area contributed by atoms with Crippen molar-refractivity contribution in [1.82, 2.24) is 19.7 Å². The van der Waals surface area contributed by atoms with Crippen molar-refractivity contribution in [3.05, 3.63) is 42.0 Å². The zero-order valence-corrected chi connectivity index (χ0v) is 14.5. The molecule has 8 heteroatoms. The molecule has 25 heavy (non-hydrogen) atoms. The highest BCUT2D eigenvalue weighted by Gasteiger charge is 2.26. The molecule has 1 aliphatic heterocycles. The normalized spacial score (nSPS) is 15.7. The van der Waals surface area contributed by atoms with Crippen LogP contribution in [0.25, 0.3) is 10.2 Å². The van der Waals surface area contributed by atoms with Crippen molar-refractivity contribution in [3.63, 3.8) is 0 Å². The summed E-state index contributed by atoms with van der Waals surface area (Å²) in [5.41, 5.74) is 0.937. The third kappa shape index (κ3) is 3.09. The summed E-state index contributed by atoms with van der Waals surface area (Å²) >= 11 is 1.35. The fraction of sp³-hybridized carbons (Fsp3) is 0.353. The number of hydrogen-bond donors (Lipinski definition) is 0. The Morgan fingerprint density at radius 3 is 2.80 bits per heavy atom. The Morgan fingerprint density at radius 1 is 1.32 bits per heavy atom. The Bertz CT molecular complexity index is 914. The van der Waals surface area contributed by atoms with Crippen LogP contribution in [0.2, 0.25) is 0 Å². The first-order valence-corrected chi connectivity index (χ1v) is 8.92. The third-order valence-electron chi connectivity index (χ3n) is 4.39. The van der Waals surface area contributed by atoms with Crippen molar-refractivity contribution in [2.75, 3.05) is 13.1 Å². The van der Waals surface area contributed by atoms with E-state index in [1.54, 1.807) is 30.1 Å². The lowest BCUT2D eigenvalue weighted by molar-refractivity contribution is 0.0585. The number of rotatable bonds is 3. The van der Waals surface area contributed by atoms with E-state index in [4.69, 9.17) is 4.74 Å². The molecule has 4 rings (SSSR count). The maximum atomic E-state index is 13.7. The lowest BCUT2D eigenvalue weighted by Crippen LogP contribution is -2.42. The van der Waals surface area contributed by atoms with Crippen LogP contribution in [0.1, 0.15) is 23.3 Å². The number of halogens is 1. The largest absolute Gasteiger partial charge is 0.467 e. The molecular formula is C17H17FN4O2S. The van der Waals surface area contributed by atoms with Crippen molar-refractivity contribution in [2.24, 2.45) is 7.05 Å². The van der Waals surface area contributed by atoms with Crippen LogP contribution >= 0.6 is 11.3 Å². The molecule has 6 nitrogen and oxygen atoms in total. The topological polar surface area (TPSA) is 60.2 Å². The Morgan fingerprint density at radius 2 is 2.12 bits per heavy atom. The zero-order chi connectivity index (χ0) is 17.4. The molecule has 0 atom stereocenters. The number of fused-ring (bicyclic) bond motifs is 1. The predicted molar refractivity (Wildman–Crippen MR) is 92.3 cm³/mol. The van der Waals surface area contributed by atoms with E-state index in [0.717, 1.165) is 17.5 Å². The summed E-state index contributed by atoms with van der Waals surface area (Å²) in [7, 11) is 1.76. The molecule has 1 aliphatic rings. The smallest absolute Gasteiger partial charge is 0.274 e. The number of nitrogens with zero attached hydrogens (tertiary/aromatic N) is 4. The molecule has 1 fully saturated rings. The number of amides is 1. The summed E-state index contributed by atoms with van der Waals surface area (Å²) in [6.45, 7) is 1.24. The standard InChI is InChI=1S/C17H17FN4O2S/c1-21-13(5-8-19-21)16(23)22-9-6-11(7-10-22)24-17-20-15-12(18)3-2-4-14(15)25-17/h2-5,8,11H,6-7,9-10H2,1H3. The highest BCUT2D eigenvalue weighted by molar-refractivity contribution is 7.20. The van der Waals surface area contributed by atoms with E-state index in [0.29, 0.717) is 29.5 Å². The Kier molecular flexibility index (Phi) is 4.12. The molecule has 2 aromatic heterocycles. The second-order valence-corrected chi connectivity index (χ2v) is 7.01. The molecule has 130 valence electrons. The van der Waals surface area contributed by atoms with Crippen LogP contribution < -0.4 is 4.74 Å². The van der Waals surface area contributed by atoms with Gasteiger partial charge in [-0.2, -0.15) is 10.1 Å². The predicted octanol–water partition coefficient (Wildman–Crippen LogP) is 2.85. The first-order valence-electron chi connectivity index (χ1n) is 8.11. The first-order chi connectivity index (χ1) is 12.1. The third-order valence-corrected chi connectivity index (χ3v) is 5.30. The molecule has 0 aliphatic carbocycles. The number of carbonyl (C=O) groups excluding carboxylic acids is 1. The van der Waals surface area contributed by atoms with Crippen molar-refractivity contribution in [2.45, 2.75) is 18.9 Å².